The summed E-state index contributed by atoms with van der Waals surface area (Å²) < 4.78 is 11.1. The maximum Gasteiger partial charge on any atom is 0.279 e. The topological polar surface area (TPSA) is 93.3 Å². The van der Waals surface area contributed by atoms with Crippen LogP contribution < -0.4 is 25.4 Å². The van der Waals surface area contributed by atoms with E-state index in [2.05, 4.69) is 10.6 Å². The maximum atomic E-state index is 11.8. The molecule has 2 aromatic rings. The summed E-state index contributed by atoms with van der Waals surface area (Å²) in [6, 6.07) is 14.5. The van der Waals surface area contributed by atoms with Crippen LogP contribution in [0.1, 0.15) is 6.92 Å². The molecule has 0 aromatic heterocycles. The molecule has 0 aliphatic heterocycles. The van der Waals surface area contributed by atoms with Crippen molar-refractivity contribution in [3.8, 4) is 17.2 Å². The van der Waals surface area contributed by atoms with E-state index in [1.807, 2.05) is 31.2 Å². The van der Waals surface area contributed by atoms with E-state index in [1.165, 1.54) is 0 Å². The summed E-state index contributed by atoms with van der Waals surface area (Å²) >= 11 is 0. The van der Waals surface area contributed by atoms with Crippen LogP contribution in [-0.4, -0.2) is 38.6 Å². The Kier molecular flexibility index (Phi) is 7.45. The number of nitrogens with two attached hydrogens (primary N) is 1. The maximum absolute atomic E-state index is 11.8. The van der Waals surface area contributed by atoms with Crippen LogP contribution in [0.4, 0.5) is 5.69 Å². The van der Waals surface area contributed by atoms with Gasteiger partial charge >= 0.3 is 0 Å². The molecule has 4 N–H and O–H groups in total. The van der Waals surface area contributed by atoms with Crippen LogP contribution in [0.2, 0.25) is 0 Å². The third-order valence-electron chi connectivity index (χ3n) is 3.45. The van der Waals surface area contributed by atoms with E-state index in [9.17, 15) is 9.59 Å². The first-order valence-corrected chi connectivity index (χ1v) is 8.43. The van der Waals surface area contributed by atoms with Crippen molar-refractivity contribution in [2.24, 2.45) is 0 Å². The number of carbonyl (C=O) groups excluding carboxylic acids is 2. The molecule has 0 aliphatic rings. The predicted octanol–water partition coefficient (Wildman–Crippen LogP) is 1.13. The van der Waals surface area contributed by atoms with Gasteiger partial charge < -0.3 is 25.4 Å². The van der Waals surface area contributed by atoms with Gasteiger partial charge in [-0.3, -0.25) is 9.59 Å². The van der Waals surface area contributed by atoms with Crippen LogP contribution in [0, 0.1) is 0 Å². The number of anilines is 1. The van der Waals surface area contributed by atoms with Crippen molar-refractivity contribution in [2.75, 3.05) is 32.1 Å². The van der Waals surface area contributed by atoms with Gasteiger partial charge in [0.05, 0.1) is 6.61 Å². The fourth-order valence-corrected chi connectivity index (χ4v) is 2.16. The van der Waals surface area contributed by atoms with Crippen molar-refractivity contribution >= 4 is 17.5 Å². The molecule has 0 aliphatic carbocycles. The highest BCUT2D eigenvalue weighted by Gasteiger charge is 2.07. The molecular weight excluding hydrogens is 334 g/mol. The number of rotatable bonds is 9. The molecular formula is C19H24N3O4+. The Morgan fingerprint density at radius 1 is 0.885 bits per heavy atom. The summed E-state index contributed by atoms with van der Waals surface area (Å²) in [7, 11) is 1.56. The smallest absolute Gasteiger partial charge is 0.279 e. The zero-order valence-corrected chi connectivity index (χ0v) is 15.0. The molecule has 0 saturated heterocycles. The van der Waals surface area contributed by atoms with Crippen LogP contribution in [0.25, 0.3) is 0 Å². The number of hydrogen-bond donors (Lipinski definition) is 3. The van der Waals surface area contributed by atoms with Crippen molar-refractivity contribution in [3.63, 3.8) is 0 Å². The van der Waals surface area contributed by atoms with E-state index >= 15 is 0 Å². The standard InChI is InChI=1S/C19H23N3O4/c1-3-25-15-8-10-17(11-9-15)26-16-6-4-14(5-7-16)22-19(24)13-21-12-18(23)20-2/h4-11,21H,3,12-13H2,1-2H3,(H,20,23)(H,22,24)/p+1. The van der Waals surface area contributed by atoms with Gasteiger partial charge in [0.1, 0.15) is 17.2 Å². The first-order valence-electron chi connectivity index (χ1n) is 8.43. The molecule has 0 unspecified atom stereocenters. The Hall–Kier alpha value is -3.06. The van der Waals surface area contributed by atoms with Crippen LogP contribution in [-0.2, 0) is 9.59 Å². The highest BCUT2D eigenvalue weighted by atomic mass is 16.5. The first-order chi connectivity index (χ1) is 12.6. The summed E-state index contributed by atoms with van der Waals surface area (Å²) in [4.78, 5) is 22.9. The molecule has 0 atom stereocenters. The van der Waals surface area contributed by atoms with Gasteiger partial charge in [-0.1, -0.05) is 0 Å². The normalized spacial score (nSPS) is 10.1. The Morgan fingerprint density at radius 2 is 1.42 bits per heavy atom. The lowest BCUT2D eigenvalue weighted by molar-refractivity contribution is -0.632. The van der Waals surface area contributed by atoms with Gasteiger partial charge in [-0.2, -0.15) is 0 Å². The van der Waals surface area contributed by atoms with Crippen molar-refractivity contribution in [1.29, 1.82) is 0 Å². The third kappa shape index (κ3) is 6.45. The zero-order chi connectivity index (χ0) is 18.8. The highest BCUT2D eigenvalue weighted by Crippen LogP contribution is 2.25. The molecule has 26 heavy (non-hydrogen) atoms. The molecule has 2 aromatic carbocycles. The molecule has 2 rings (SSSR count). The second-order valence-corrected chi connectivity index (χ2v) is 5.45. The molecule has 0 heterocycles. The molecule has 0 fully saturated rings. The van der Waals surface area contributed by atoms with E-state index in [0.717, 1.165) is 5.75 Å². The summed E-state index contributed by atoms with van der Waals surface area (Å²) in [6.45, 7) is 2.96. The Balaban J connectivity index is 1.81. The average Bonchev–Trinajstić information content (AvgIpc) is 2.65. The lowest BCUT2D eigenvalue weighted by Crippen LogP contribution is -2.88. The van der Waals surface area contributed by atoms with E-state index in [0.29, 0.717) is 23.8 Å². The van der Waals surface area contributed by atoms with Gasteiger partial charge in [0.15, 0.2) is 13.1 Å². The van der Waals surface area contributed by atoms with Gasteiger partial charge in [-0.25, -0.2) is 0 Å². The molecule has 0 saturated carbocycles. The number of ether oxygens (including phenoxy) is 2. The van der Waals surface area contributed by atoms with Crippen LogP contribution in [0.3, 0.4) is 0 Å². The molecule has 7 nitrogen and oxygen atoms in total. The number of hydrogen-bond acceptors (Lipinski definition) is 4. The Labute approximate surface area is 152 Å². The fraction of sp³-hybridized carbons (Fsp3) is 0.263. The summed E-state index contributed by atoms with van der Waals surface area (Å²) in [6.07, 6.45) is 0. The highest BCUT2D eigenvalue weighted by molar-refractivity contribution is 5.91. The van der Waals surface area contributed by atoms with E-state index < -0.39 is 0 Å². The molecule has 2 amide bonds. The fourth-order valence-electron chi connectivity index (χ4n) is 2.16. The van der Waals surface area contributed by atoms with Crippen molar-refractivity contribution < 1.29 is 24.4 Å². The van der Waals surface area contributed by atoms with Gasteiger partial charge in [-0.05, 0) is 55.5 Å². The number of carbonyl (C=O) groups is 2. The third-order valence-corrected chi connectivity index (χ3v) is 3.45. The molecule has 0 bridgehead atoms. The minimum atomic E-state index is -0.172. The number of amides is 2. The van der Waals surface area contributed by atoms with Gasteiger partial charge in [0.2, 0.25) is 0 Å². The van der Waals surface area contributed by atoms with Crippen molar-refractivity contribution in [2.45, 2.75) is 6.92 Å². The first kappa shape index (κ1) is 19.3. The lowest BCUT2D eigenvalue weighted by Gasteiger charge is -2.09. The number of likely N-dealkylation sites (N-methyl/N-ethyl adjacent to an activating group) is 1. The average molecular weight is 358 g/mol. The Morgan fingerprint density at radius 3 is 2.00 bits per heavy atom. The quantitative estimate of drug-likeness (QED) is 0.626. The number of quaternary nitrogens is 1. The van der Waals surface area contributed by atoms with Gasteiger partial charge in [0.25, 0.3) is 11.8 Å². The SMILES string of the molecule is CCOc1ccc(Oc2ccc(NC(=O)C[NH2+]CC(=O)NC)cc2)cc1. The number of nitrogens with one attached hydrogen (secondary N) is 2. The summed E-state index contributed by atoms with van der Waals surface area (Å²) in [5, 5.41) is 6.91. The minimum Gasteiger partial charge on any atom is -0.494 e. The van der Waals surface area contributed by atoms with Crippen molar-refractivity contribution in [1.82, 2.24) is 5.32 Å². The second kappa shape index (κ2) is 10.0. The summed E-state index contributed by atoms with van der Waals surface area (Å²) in [5.41, 5.74) is 0.669. The van der Waals surface area contributed by atoms with Crippen LogP contribution >= 0.6 is 0 Å². The zero-order valence-electron chi connectivity index (χ0n) is 15.0. The van der Waals surface area contributed by atoms with Crippen molar-refractivity contribution in [3.05, 3.63) is 48.5 Å². The van der Waals surface area contributed by atoms with Crippen LogP contribution in [0.5, 0.6) is 17.2 Å². The lowest BCUT2D eigenvalue weighted by atomic mass is 10.3. The molecule has 138 valence electrons. The van der Waals surface area contributed by atoms with Gasteiger partial charge in [0, 0.05) is 12.7 Å². The molecule has 0 radical (unpaired) electrons. The predicted molar refractivity (Wildman–Crippen MR) is 98.5 cm³/mol. The summed E-state index contributed by atoms with van der Waals surface area (Å²) in [5.74, 6) is 1.88. The van der Waals surface area contributed by atoms with E-state index in [-0.39, 0.29) is 24.9 Å². The van der Waals surface area contributed by atoms with Crippen LogP contribution in [0.15, 0.2) is 48.5 Å². The largest absolute Gasteiger partial charge is 0.494 e. The molecule has 7 heteroatoms. The minimum absolute atomic E-state index is 0.117. The Bertz CT molecular complexity index is 715. The monoisotopic (exact) mass is 358 g/mol. The second-order valence-electron chi connectivity index (χ2n) is 5.45. The van der Waals surface area contributed by atoms with E-state index in [4.69, 9.17) is 9.47 Å². The number of benzene rings is 2. The van der Waals surface area contributed by atoms with Gasteiger partial charge in [-0.15, -0.1) is 0 Å². The van der Waals surface area contributed by atoms with E-state index in [1.54, 1.807) is 36.6 Å². The molecule has 0 spiro atoms.